The highest BCUT2D eigenvalue weighted by molar-refractivity contribution is 9.10. The van der Waals surface area contributed by atoms with Crippen LogP contribution in [0.1, 0.15) is 30.9 Å². The summed E-state index contributed by atoms with van der Waals surface area (Å²) in [6, 6.07) is 2.18. The molecule has 0 bridgehead atoms. The molecule has 17 heavy (non-hydrogen) atoms. The van der Waals surface area contributed by atoms with Crippen LogP contribution in [0.2, 0.25) is 5.02 Å². The topological polar surface area (TPSA) is 63.3 Å². The lowest BCUT2D eigenvalue weighted by atomic mass is 10.0. The van der Waals surface area contributed by atoms with Crippen molar-refractivity contribution in [1.82, 2.24) is 0 Å². The molecule has 6 heteroatoms. The maximum atomic E-state index is 13.6. The molecule has 0 spiro atoms. The third kappa shape index (κ3) is 4.26. The summed E-state index contributed by atoms with van der Waals surface area (Å²) in [7, 11) is 0. The summed E-state index contributed by atoms with van der Waals surface area (Å²) in [5.41, 5.74) is 6.10. The molecule has 0 aromatic heterocycles. The van der Waals surface area contributed by atoms with E-state index in [9.17, 15) is 9.18 Å². The van der Waals surface area contributed by atoms with Crippen molar-refractivity contribution in [2.75, 3.05) is 0 Å². The number of benzene rings is 1. The van der Waals surface area contributed by atoms with E-state index in [0.29, 0.717) is 27.9 Å². The van der Waals surface area contributed by atoms with E-state index in [1.54, 1.807) is 0 Å². The number of halogens is 3. The van der Waals surface area contributed by atoms with Crippen molar-refractivity contribution in [2.24, 2.45) is 5.73 Å². The van der Waals surface area contributed by atoms with Crippen LogP contribution in [0, 0.1) is 5.82 Å². The highest BCUT2D eigenvalue weighted by Gasteiger charge is 2.14. The van der Waals surface area contributed by atoms with Gasteiger partial charge in [0.1, 0.15) is 5.82 Å². The lowest BCUT2D eigenvalue weighted by Crippen LogP contribution is -2.13. The minimum absolute atomic E-state index is 0.0274. The van der Waals surface area contributed by atoms with Crippen LogP contribution in [0.15, 0.2) is 16.6 Å². The molecule has 3 nitrogen and oxygen atoms in total. The fraction of sp³-hybridized carbons (Fsp3) is 0.364. The summed E-state index contributed by atoms with van der Waals surface area (Å²) in [5.74, 6) is -1.32. The van der Waals surface area contributed by atoms with E-state index in [-0.39, 0.29) is 6.42 Å². The van der Waals surface area contributed by atoms with Gasteiger partial charge < -0.3 is 10.8 Å². The molecular formula is C11H12BrClFNO2. The summed E-state index contributed by atoms with van der Waals surface area (Å²) in [6.45, 7) is 0. The zero-order valence-corrected chi connectivity index (χ0v) is 11.3. The average molecular weight is 325 g/mol. The van der Waals surface area contributed by atoms with Gasteiger partial charge in [-0.25, -0.2) is 4.39 Å². The Morgan fingerprint density at radius 3 is 2.82 bits per heavy atom. The third-order valence-corrected chi connectivity index (χ3v) is 3.54. The Bertz CT molecular complexity index is 428. The van der Waals surface area contributed by atoms with Gasteiger partial charge in [-0.05, 0) is 40.9 Å². The molecule has 1 aromatic carbocycles. The number of hydrogen-bond acceptors (Lipinski definition) is 2. The van der Waals surface area contributed by atoms with Gasteiger partial charge in [0.05, 0.1) is 5.02 Å². The highest BCUT2D eigenvalue weighted by Crippen LogP contribution is 2.29. The van der Waals surface area contributed by atoms with E-state index in [0.717, 1.165) is 0 Å². The van der Waals surface area contributed by atoms with Gasteiger partial charge in [0.25, 0.3) is 0 Å². The summed E-state index contributed by atoms with van der Waals surface area (Å²) >= 11 is 8.96. The molecular weight excluding hydrogens is 312 g/mol. The molecule has 0 amide bonds. The van der Waals surface area contributed by atoms with Gasteiger partial charge in [0.2, 0.25) is 0 Å². The fourth-order valence-electron chi connectivity index (χ4n) is 1.45. The van der Waals surface area contributed by atoms with Crippen molar-refractivity contribution in [3.63, 3.8) is 0 Å². The van der Waals surface area contributed by atoms with Gasteiger partial charge in [-0.3, -0.25) is 4.79 Å². The average Bonchev–Trinajstić information content (AvgIpc) is 2.22. The van der Waals surface area contributed by atoms with Gasteiger partial charge in [0.15, 0.2) is 0 Å². The Kier molecular flexibility index (Phi) is 5.36. The van der Waals surface area contributed by atoms with Crippen LogP contribution in [-0.2, 0) is 4.79 Å². The van der Waals surface area contributed by atoms with Crippen molar-refractivity contribution in [1.29, 1.82) is 0 Å². The molecule has 1 unspecified atom stereocenters. The number of carbonyl (C=O) groups is 1. The van der Waals surface area contributed by atoms with Crippen molar-refractivity contribution < 1.29 is 14.3 Å². The molecule has 0 fully saturated rings. The normalized spacial score (nSPS) is 12.5. The van der Waals surface area contributed by atoms with Gasteiger partial charge in [-0.15, -0.1) is 0 Å². The maximum absolute atomic E-state index is 13.6. The zero-order valence-electron chi connectivity index (χ0n) is 8.92. The molecule has 0 radical (unpaired) electrons. The molecule has 1 atom stereocenters. The first-order valence-corrected chi connectivity index (χ1v) is 6.20. The molecule has 1 rings (SSSR count). The van der Waals surface area contributed by atoms with Gasteiger partial charge in [0, 0.05) is 22.5 Å². The van der Waals surface area contributed by atoms with Crippen LogP contribution in [0.5, 0.6) is 0 Å². The summed E-state index contributed by atoms with van der Waals surface area (Å²) < 4.78 is 14.1. The summed E-state index contributed by atoms with van der Waals surface area (Å²) in [6.07, 6.45) is 0.838. The first kappa shape index (κ1) is 14.4. The van der Waals surface area contributed by atoms with E-state index in [4.69, 9.17) is 22.4 Å². The predicted molar refractivity (Wildman–Crippen MR) is 67.5 cm³/mol. The molecule has 0 saturated carbocycles. The van der Waals surface area contributed by atoms with Crippen LogP contribution in [0.4, 0.5) is 4.39 Å². The first-order valence-electron chi connectivity index (χ1n) is 5.03. The number of rotatable bonds is 5. The van der Waals surface area contributed by atoms with Crippen molar-refractivity contribution in [2.45, 2.75) is 25.3 Å². The quantitative estimate of drug-likeness (QED) is 0.815. The molecule has 0 aliphatic carbocycles. The number of nitrogens with two attached hydrogens (primary N) is 1. The largest absolute Gasteiger partial charge is 0.481 e. The molecule has 0 heterocycles. The van der Waals surface area contributed by atoms with Gasteiger partial charge in [-0.1, -0.05) is 11.6 Å². The standard InChI is InChI=1S/C11H12BrClFNO2/c12-7-5-9(14)6(4-8(7)13)10(15)2-1-3-11(16)17/h4-5,10H,1-3,15H2,(H,16,17). The SMILES string of the molecule is NC(CCCC(=O)O)c1cc(Cl)c(Br)cc1F. The lowest BCUT2D eigenvalue weighted by Gasteiger charge is -2.13. The lowest BCUT2D eigenvalue weighted by molar-refractivity contribution is -0.137. The van der Waals surface area contributed by atoms with Crippen LogP contribution in [-0.4, -0.2) is 11.1 Å². The minimum Gasteiger partial charge on any atom is -0.481 e. The van der Waals surface area contributed by atoms with Gasteiger partial charge >= 0.3 is 5.97 Å². The Morgan fingerprint density at radius 2 is 2.24 bits per heavy atom. The Labute approximate surface area is 112 Å². The fourth-order valence-corrected chi connectivity index (χ4v) is 1.94. The predicted octanol–water partition coefficient (Wildman–Crippen LogP) is 3.50. The zero-order chi connectivity index (χ0) is 13.0. The van der Waals surface area contributed by atoms with E-state index >= 15 is 0 Å². The Hall–Kier alpha value is -0.650. The monoisotopic (exact) mass is 323 g/mol. The number of aliphatic carboxylic acids is 1. The Balaban J connectivity index is 2.71. The number of hydrogen-bond donors (Lipinski definition) is 2. The van der Waals surface area contributed by atoms with Crippen LogP contribution >= 0.6 is 27.5 Å². The van der Waals surface area contributed by atoms with Crippen LogP contribution < -0.4 is 5.73 Å². The van der Waals surface area contributed by atoms with Gasteiger partial charge in [-0.2, -0.15) is 0 Å². The summed E-state index contributed by atoms with van der Waals surface area (Å²) in [4.78, 5) is 10.3. The molecule has 94 valence electrons. The maximum Gasteiger partial charge on any atom is 0.303 e. The highest BCUT2D eigenvalue weighted by atomic mass is 79.9. The molecule has 1 aromatic rings. The second-order valence-corrected chi connectivity index (χ2v) is 4.94. The number of carboxylic acids is 1. The molecule has 0 aliphatic rings. The van der Waals surface area contributed by atoms with E-state index < -0.39 is 17.8 Å². The van der Waals surface area contributed by atoms with E-state index in [1.165, 1.54) is 12.1 Å². The van der Waals surface area contributed by atoms with Crippen LogP contribution in [0.3, 0.4) is 0 Å². The summed E-state index contributed by atoms with van der Waals surface area (Å²) in [5, 5.41) is 8.87. The number of carboxylic acid groups (broad SMARTS) is 1. The Morgan fingerprint density at radius 1 is 1.59 bits per heavy atom. The van der Waals surface area contributed by atoms with Crippen molar-refractivity contribution in [3.8, 4) is 0 Å². The first-order chi connectivity index (χ1) is 7.91. The third-order valence-electron chi connectivity index (χ3n) is 2.34. The van der Waals surface area contributed by atoms with Crippen LogP contribution in [0.25, 0.3) is 0 Å². The molecule has 3 N–H and O–H groups in total. The minimum atomic E-state index is -0.883. The second-order valence-electron chi connectivity index (χ2n) is 3.68. The second kappa shape index (κ2) is 6.33. The van der Waals surface area contributed by atoms with E-state index in [1.807, 2.05) is 0 Å². The molecule has 0 aliphatic heterocycles. The van der Waals surface area contributed by atoms with E-state index in [2.05, 4.69) is 15.9 Å². The van der Waals surface area contributed by atoms with Crippen molar-refractivity contribution in [3.05, 3.63) is 33.0 Å². The van der Waals surface area contributed by atoms with Crippen molar-refractivity contribution >= 4 is 33.5 Å². The smallest absolute Gasteiger partial charge is 0.303 e. The molecule has 0 saturated heterocycles.